The predicted molar refractivity (Wildman–Crippen MR) is 99.6 cm³/mol. The van der Waals surface area contributed by atoms with Crippen LogP contribution in [0.2, 0.25) is 0 Å². The van der Waals surface area contributed by atoms with Crippen molar-refractivity contribution in [3.63, 3.8) is 0 Å². The summed E-state index contributed by atoms with van der Waals surface area (Å²) in [6.45, 7) is 3.52. The van der Waals surface area contributed by atoms with Crippen LogP contribution in [0.15, 0.2) is 47.2 Å². The van der Waals surface area contributed by atoms with Crippen molar-refractivity contribution < 1.29 is 9.32 Å². The predicted octanol–water partition coefficient (Wildman–Crippen LogP) is 3.39. The number of carbonyl (C=O) groups is 1. The third-order valence-corrected chi connectivity index (χ3v) is 5.05. The number of aromatic nitrogens is 4. The zero-order valence-electron chi connectivity index (χ0n) is 15.4. The summed E-state index contributed by atoms with van der Waals surface area (Å²) in [6, 6.07) is 9.62. The Bertz CT molecular complexity index is 902. The van der Waals surface area contributed by atoms with Crippen molar-refractivity contribution in [2.24, 2.45) is 0 Å². The number of imidazole rings is 1. The first-order chi connectivity index (χ1) is 13.2. The van der Waals surface area contributed by atoms with Gasteiger partial charge in [-0.3, -0.25) is 4.79 Å². The minimum atomic E-state index is -0.113. The number of benzene rings is 1. The van der Waals surface area contributed by atoms with Crippen molar-refractivity contribution in [3.05, 3.63) is 54.4 Å². The van der Waals surface area contributed by atoms with Gasteiger partial charge in [0.25, 0.3) is 0 Å². The van der Waals surface area contributed by atoms with Gasteiger partial charge in [0.2, 0.25) is 17.6 Å². The summed E-state index contributed by atoms with van der Waals surface area (Å²) >= 11 is 0. The number of carbonyl (C=O) groups excluding carboxylic acids is 1. The molecular formula is C20H23N5O2. The molecule has 0 spiro atoms. The van der Waals surface area contributed by atoms with Gasteiger partial charge in [0, 0.05) is 37.5 Å². The number of likely N-dealkylation sites (tertiary alicyclic amines) is 1. The van der Waals surface area contributed by atoms with Crippen molar-refractivity contribution in [1.82, 2.24) is 24.6 Å². The van der Waals surface area contributed by atoms with Crippen molar-refractivity contribution in [2.75, 3.05) is 6.54 Å². The topological polar surface area (TPSA) is 77.1 Å². The van der Waals surface area contributed by atoms with Gasteiger partial charge in [-0.1, -0.05) is 35.5 Å². The summed E-state index contributed by atoms with van der Waals surface area (Å²) in [5.41, 5.74) is 0.916. The largest absolute Gasteiger partial charge is 0.337 e. The SMILES string of the molecule is Cc1nccn1CCCC(=O)N1CCCC1c1nc(-c2ccccc2)no1. The van der Waals surface area contributed by atoms with E-state index >= 15 is 0 Å². The second-order valence-corrected chi connectivity index (χ2v) is 6.84. The maximum Gasteiger partial charge on any atom is 0.249 e. The summed E-state index contributed by atoms with van der Waals surface area (Å²) in [4.78, 5) is 23.4. The summed E-state index contributed by atoms with van der Waals surface area (Å²) in [5, 5.41) is 4.10. The Morgan fingerprint density at radius 2 is 2.15 bits per heavy atom. The Hall–Kier alpha value is -2.96. The standard InChI is InChI=1S/C20H23N5O2/c1-15-21-11-14-24(15)12-6-10-18(26)25-13-5-9-17(25)20-22-19(23-27-20)16-7-3-2-4-8-16/h2-4,7-8,11,14,17H,5-6,9-10,12-13H2,1H3. The molecule has 1 fully saturated rings. The van der Waals surface area contributed by atoms with Crippen LogP contribution in [0.1, 0.15) is 43.4 Å². The highest BCUT2D eigenvalue weighted by Gasteiger charge is 2.33. The Labute approximate surface area is 158 Å². The van der Waals surface area contributed by atoms with Gasteiger partial charge >= 0.3 is 0 Å². The molecule has 2 aromatic heterocycles. The fourth-order valence-electron chi connectivity index (χ4n) is 3.58. The van der Waals surface area contributed by atoms with E-state index in [1.807, 2.05) is 48.4 Å². The van der Waals surface area contributed by atoms with Crippen LogP contribution in [0.5, 0.6) is 0 Å². The Morgan fingerprint density at radius 3 is 2.93 bits per heavy atom. The maximum atomic E-state index is 12.7. The zero-order valence-corrected chi connectivity index (χ0v) is 15.4. The quantitative estimate of drug-likeness (QED) is 0.669. The molecule has 0 aliphatic carbocycles. The molecule has 7 heteroatoms. The number of rotatable bonds is 6. The van der Waals surface area contributed by atoms with Crippen LogP contribution in [0, 0.1) is 6.92 Å². The lowest BCUT2D eigenvalue weighted by Gasteiger charge is -2.22. The molecule has 4 rings (SSSR count). The fraction of sp³-hybridized carbons (Fsp3) is 0.400. The number of aryl methyl sites for hydroxylation is 2. The van der Waals surface area contributed by atoms with Crippen LogP contribution in [0.4, 0.5) is 0 Å². The van der Waals surface area contributed by atoms with Gasteiger partial charge in [-0.2, -0.15) is 4.98 Å². The average Bonchev–Trinajstić information content (AvgIpc) is 3.43. The molecule has 0 saturated carbocycles. The molecule has 7 nitrogen and oxygen atoms in total. The van der Waals surface area contributed by atoms with E-state index in [-0.39, 0.29) is 11.9 Å². The van der Waals surface area contributed by atoms with Crippen LogP contribution in [0.3, 0.4) is 0 Å². The van der Waals surface area contributed by atoms with Crippen molar-refractivity contribution in [2.45, 2.75) is 45.2 Å². The van der Waals surface area contributed by atoms with Crippen LogP contribution in [-0.4, -0.2) is 37.0 Å². The second-order valence-electron chi connectivity index (χ2n) is 6.84. The average molecular weight is 365 g/mol. The van der Waals surface area contributed by atoms with E-state index in [9.17, 15) is 4.79 Å². The summed E-state index contributed by atoms with van der Waals surface area (Å²) in [7, 11) is 0. The highest BCUT2D eigenvalue weighted by molar-refractivity contribution is 5.76. The van der Waals surface area contributed by atoms with Gasteiger partial charge in [0.15, 0.2) is 0 Å². The molecule has 1 atom stereocenters. The summed E-state index contributed by atoms with van der Waals surface area (Å²) in [6.07, 6.45) is 6.85. The van der Waals surface area contributed by atoms with Crippen LogP contribution < -0.4 is 0 Å². The van der Waals surface area contributed by atoms with Gasteiger partial charge < -0.3 is 14.0 Å². The van der Waals surface area contributed by atoms with Gasteiger partial charge in [0.1, 0.15) is 11.9 Å². The van der Waals surface area contributed by atoms with Gasteiger partial charge in [-0.25, -0.2) is 4.98 Å². The molecule has 27 heavy (non-hydrogen) atoms. The van der Waals surface area contributed by atoms with Crippen molar-refractivity contribution in [1.29, 1.82) is 0 Å². The number of nitrogens with zero attached hydrogens (tertiary/aromatic N) is 5. The molecule has 0 bridgehead atoms. The number of amides is 1. The first-order valence-corrected chi connectivity index (χ1v) is 9.38. The molecular weight excluding hydrogens is 342 g/mol. The molecule has 1 unspecified atom stereocenters. The van der Waals surface area contributed by atoms with E-state index in [1.165, 1.54) is 0 Å². The van der Waals surface area contributed by atoms with Crippen molar-refractivity contribution in [3.8, 4) is 11.4 Å². The maximum absolute atomic E-state index is 12.7. The van der Waals surface area contributed by atoms with E-state index in [2.05, 4.69) is 19.7 Å². The van der Waals surface area contributed by atoms with E-state index < -0.39 is 0 Å². The lowest BCUT2D eigenvalue weighted by atomic mass is 10.2. The first kappa shape index (κ1) is 17.5. The highest BCUT2D eigenvalue weighted by atomic mass is 16.5. The molecule has 140 valence electrons. The molecule has 3 heterocycles. The van der Waals surface area contributed by atoms with Gasteiger partial charge in [-0.05, 0) is 26.2 Å². The smallest absolute Gasteiger partial charge is 0.249 e. The zero-order chi connectivity index (χ0) is 18.6. The molecule has 1 amide bonds. The lowest BCUT2D eigenvalue weighted by Crippen LogP contribution is -2.30. The van der Waals surface area contributed by atoms with E-state index in [0.717, 1.165) is 43.7 Å². The highest BCUT2D eigenvalue weighted by Crippen LogP contribution is 2.32. The molecule has 0 radical (unpaired) electrons. The van der Waals surface area contributed by atoms with Crippen molar-refractivity contribution >= 4 is 5.91 Å². The minimum absolute atomic E-state index is 0.113. The number of hydrogen-bond donors (Lipinski definition) is 0. The van der Waals surface area contributed by atoms with Gasteiger partial charge in [-0.15, -0.1) is 0 Å². The van der Waals surface area contributed by atoms with Crippen LogP contribution in [0.25, 0.3) is 11.4 Å². The molecule has 1 aliphatic heterocycles. The monoisotopic (exact) mass is 365 g/mol. The second kappa shape index (κ2) is 7.73. The molecule has 0 N–H and O–H groups in total. The van der Waals surface area contributed by atoms with Crippen LogP contribution >= 0.6 is 0 Å². The minimum Gasteiger partial charge on any atom is -0.337 e. The Morgan fingerprint density at radius 1 is 1.30 bits per heavy atom. The fourth-order valence-corrected chi connectivity index (χ4v) is 3.58. The first-order valence-electron chi connectivity index (χ1n) is 9.38. The Kier molecular flexibility index (Phi) is 5.00. The molecule has 3 aromatic rings. The van der Waals surface area contributed by atoms with E-state index in [1.54, 1.807) is 6.20 Å². The van der Waals surface area contributed by atoms with Gasteiger partial charge in [0.05, 0.1) is 0 Å². The molecule has 1 aliphatic rings. The normalized spacial score (nSPS) is 16.8. The lowest BCUT2D eigenvalue weighted by molar-refractivity contribution is -0.132. The Balaban J connectivity index is 1.39. The summed E-state index contributed by atoms with van der Waals surface area (Å²) < 4.78 is 7.56. The third kappa shape index (κ3) is 3.77. The third-order valence-electron chi connectivity index (χ3n) is 5.05. The van der Waals surface area contributed by atoms with E-state index in [4.69, 9.17) is 4.52 Å². The molecule has 1 saturated heterocycles. The van der Waals surface area contributed by atoms with E-state index in [0.29, 0.717) is 18.1 Å². The van der Waals surface area contributed by atoms with Crippen LogP contribution in [-0.2, 0) is 11.3 Å². The summed E-state index contributed by atoms with van der Waals surface area (Å²) in [5.74, 6) is 2.22. The number of hydrogen-bond acceptors (Lipinski definition) is 5. The molecule has 1 aromatic carbocycles.